The summed E-state index contributed by atoms with van der Waals surface area (Å²) in [5.74, 6) is 1.01. The van der Waals surface area contributed by atoms with Crippen molar-refractivity contribution >= 4 is 22.8 Å². The number of urea groups is 1. The van der Waals surface area contributed by atoms with E-state index in [-0.39, 0.29) is 11.7 Å². The van der Waals surface area contributed by atoms with Crippen LogP contribution in [0, 0.1) is 12.8 Å². The number of fused-ring (bicyclic) bond motifs is 1. The molecule has 2 amide bonds. The van der Waals surface area contributed by atoms with Crippen molar-refractivity contribution in [2.75, 3.05) is 25.5 Å². The lowest BCUT2D eigenvalue weighted by molar-refractivity contribution is 0.175. The smallest absolute Gasteiger partial charge is 0.323 e. The topological polar surface area (TPSA) is 108 Å². The summed E-state index contributed by atoms with van der Waals surface area (Å²) in [6.07, 6.45) is 5.79. The number of aromatic amines is 2. The number of benzene rings is 1. The Morgan fingerprint density at radius 3 is 2.64 bits per heavy atom. The van der Waals surface area contributed by atoms with Crippen LogP contribution in [0.1, 0.15) is 18.4 Å². The van der Waals surface area contributed by atoms with Crippen molar-refractivity contribution in [2.24, 2.45) is 5.92 Å². The van der Waals surface area contributed by atoms with Crippen LogP contribution in [0.15, 0.2) is 29.3 Å². The third-order valence-electron chi connectivity index (χ3n) is 5.19. The monoisotopic (exact) mass is 384 g/mol. The van der Waals surface area contributed by atoms with Crippen LogP contribution in [0.25, 0.3) is 11.0 Å². The number of amides is 2. The lowest BCUT2D eigenvalue weighted by Gasteiger charge is -2.32. The summed E-state index contributed by atoms with van der Waals surface area (Å²) in [5.41, 5.74) is 2.65. The number of nitrogens with zero attached hydrogens (tertiary/aromatic N) is 3. The number of imidazole rings is 1. The summed E-state index contributed by atoms with van der Waals surface area (Å²) in [6, 6.07) is 3.24. The maximum atomic E-state index is 12.7. The summed E-state index contributed by atoms with van der Waals surface area (Å²) >= 11 is 0. The first-order valence-electron chi connectivity index (χ1n) is 9.37. The second-order valence-corrected chi connectivity index (χ2v) is 7.28. The van der Waals surface area contributed by atoms with E-state index in [0.29, 0.717) is 41.5 Å². The molecule has 2 aromatic heterocycles. The van der Waals surface area contributed by atoms with Crippen molar-refractivity contribution in [3.8, 4) is 5.75 Å². The Labute approximate surface area is 161 Å². The molecule has 1 aliphatic heterocycles. The number of aromatic nitrogens is 4. The number of hydrogen-bond donors (Lipinski definition) is 3. The van der Waals surface area contributed by atoms with Gasteiger partial charge in [-0.1, -0.05) is 0 Å². The molecule has 3 aromatic rings. The van der Waals surface area contributed by atoms with Crippen LogP contribution in [0.4, 0.5) is 10.5 Å². The van der Waals surface area contributed by atoms with E-state index in [1.807, 2.05) is 28.9 Å². The predicted molar refractivity (Wildman–Crippen MR) is 106 cm³/mol. The minimum atomic E-state index is -0.296. The molecule has 3 N–H and O–H groups in total. The zero-order valence-corrected chi connectivity index (χ0v) is 16.0. The number of anilines is 1. The van der Waals surface area contributed by atoms with E-state index < -0.39 is 0 Å². The molecule has 0 atom stereocenters. The van der Waals surface area contributed by atoms with Gasteiger partial charge >= 0.3 is 11.7 Å². The van der Waals surface area contributed by atoms with Crippen LogP contribution in [0.3, 0.4) is 0 Å². The summed E-state index contributed by atoms with van der Waals surface area (Å²) in [6.45, 7) is 4.31. The van der Waals surface area contributed by atoms with Crippen molar-refractivity contribution in [2.45, 2.75) is 26.3 Å². The third-order valence-corrected chi connectivity index (χ3v) is 5.19. The van der Waals surface area contributed by atoms with E-state index in [9.17, 15) is 9.59 Å². The van der Waals surface area contributed by atoms with Crippen molar-refractivity contribution in [3.63, 3.8) is 0 Å². The van der Waals surface area contributed by atoms with Gasteiger partial charge in [0.2, 0.25) is 0 Å². The number of rotatable bonds is 4. The molecule has 0 unspecified atom stereocenters. The number of carbonyl (C=O) groups is 1. The molecule has 3 heterocycles. The van der Waals surface area contributed by atoms with E-state index in [2.05, 4.69) is 20.4 Å². The van der Waals surface area contributed by atoms with E-state index in [1.54, 1.807) is 12.1 Å². The Balaban J connectivity index is 1.39. The number of ether oxygens (including phenoxy) is 1. The molecular formula is C19H24N6O3. The molecule has 9 heteroatoms. The second-order valence-electron chi connectivity index (χ2n) is 7.28. The van der Waals surface area contributed by atoms with Crippen molar-refractivity contribution in [3.05, 3.63) is 40.6 Å². The normalized spacial score (nSPS) is 15.1. The van der Waals surface area contributed by atoms with Crippen LogP contribution in [-0.4, -0.2) is 50.9 Å². The maximum Gasteiger partial charge on any atom is 0.323 e. The van der Waals surface area contributed by atoms with Gasteiger partial charge in [-0.25, -0.2) is 9.59 Å². The Bertz CT molecular complexity index is 1040. The first-order chi connectivity index (χ1) is 13.5. The maximum absolute atomic E-state index is 12.7. The van der Waals surface area contributed by atoms with Gasteiger partial charge in [-0.2, -0.15) is 5.10 Å². The standard InChI is InChI=1S/C19H24N6O3/c1-12-9-20-25(10-12)11-13-3-5-24(6-4-13)19(27)23-16-7-14-15(8-17(16)28-2)22-18(26)21-14/h7-10,13H,3-6,11H2,1-2H3,(H,23,27)(H2,21,22,26). The molecule has 0 radical (unpaired) electrons. The number of piperidine rings is 1. The summed E-state index contributed by atoms with van der Waals surface area (Å²) in [7, 11) is 1.53. The molecule has 0 bridgehead atoms. The molecule has 4 rings (SSSR count). The highest BCUT2D eigenvalue weighted by atomic mass is 16.5. The fraction of sp³-hybridized carbons (Fsp3) is 0.421. The Hall–Kier alpha value is -3.23. The quantitative estimate of drug-likeness (QED) is 0.641. The number of aryl methyl sites for hydroxylation is 1. The first kappa shape index (κ1) is 18.1. The van der Waals surface area contributed by atoms with Crippen LogP contribution < -0.4 is 15.7 Å². The van der Waals surface area contributed by atoms with E-state index in [0.717, 1.165) is 24.9 Å². The van der Waals surface area contributed by atoms with Gasteiger partial charge in [0, 0.05) is 31.9 Å². The van der Waals surface area contributed by atoms with Gasteiger partial charge in [0.15, 0.2) is 0 Å². The number of nitrogens with one attached hydrogen (secondary N) is 3. The second kappa shape index (κ2) is 7.41. The fourth-order valence-electron chi connectivity index (χ4n) is 3.67. The van der Waals surface area contributed by atoms with Gasteiger partial charge < -0.3 is 24.9 Å². The molecule has 1 aromatic carbocycles. The van der Waals surface area contributed by atoms with Gasteiger partial charge in [-0.05, 0) is 37.3 Å². The van der Waals surface area contributed by atoms with Crippen LogP contribution in [0.5, 0.6) is 5.75 Å². The highest BCUT2D eigenvalue weighted by Gasteiger charge is 2.24. The molecule has 1 fully saturated rings. The molecule has 1 saturated heterocycles. The molecule has 0 saturated carbocycles. The minimum absolute atomic E-state index is 0.163. The zero-order chi connectivity index (χ0) is 19.7. The first-order valence-corrected chi connectivity index (χ1v) is 9.37. The van der Waals surface area contributed by atoms with Gasteiger partial charge in [0.05, 0.1) is 30.0 Å². The van der Waals surface area contributed by atoms with Gasteiger partial charge in [-0.15, -0.1) is 0 Å². The highest BCUT2D eigenvalue weighted by Crippen LogP contribution is 2.29. The largest absolute Gasteiger partial charge is 0.494 e. The minimum Gasteiger partial charge on any atom is -0.494 e. The molecule has 0 spiro atoms. The van der Waals surface area contributed by atoms with Crippen molar-refractivity contribution < 1.29 is 9.53 Å². The Morgan fingerprint density at radius 1 is 1.29 bits per heavy atom. The third kappa shape index (κ3) is 3.73. The molecule has 28 heavy (non-hydrogen) atoms. The van der Waals surface area contributed by atoms with E-state index in [1.165, 1.54) is 7.11 Å². The van der Waals surface area contributed by atoms with Crippen molar-refractivity contribution in [1.29, 1.82) is 0 Å². The average molecular weight is 384 g/mol. The molecule has 0 aliphatic carbocycles. The average Bonchev–Trinajstić information content (AvgIpc) is 3.25. The van der Waals surface area contributed by atoms with Crippen LogP contribution in [-0.2, 0) is 6.54 Å². The van der Waals surface area contributed by atoms with Crippen LogP contribution >= 0.6 is 0 Å². The molecular weight excluding hydrogens is 360 g/mol. The number of methoxy groups -OCH3 is 1. The lowest BCUT2D eigenvalue weighted by Crippen LogP contribution is -2.41. The fourth-order valence-corrected chi connectivity index (χ4v) is 3.67. The summed E-state index contributed by atoms with van der Waals surface area (Å²) < 4.78 is 7.34. The number of H-pyrrole nitrogens is 2. The van der Waals surface area contributed by atoms with Crippen LogP contribution in [0.2, 0.25) is 0 Å². The molecule has 148 valence electrons. The lowest BCUT2D eigenvalue weighted by atomic mass is 9.97. The Kier molecular flexibility index (Phi) is 4.81. The molecule has 9 nitrogen and oxygen atoms in total. The summed E-state index contributed by atoms with van der Waals surface area (Å²) in [4.78, 5) is 31.4. The van der Waals surface area contributed by atoms with Gasteiger partial charge in [0.25, 0.3) is 0 Å². The van der Waals surface area contributed by atoms with E-state index in [4.69, 9.17) is 4.74 Å². The van der Waals surface area contributed by atoms with Crippen molar-refractivity contribution in [1.82, 2.24) is 24.6 Å². The van der Waals surface area contributed by atoms with Gasteiger partial charge in [-0.3, -0.25) is 4.68 Å². The van der Waals surface area contributed by atoms with Gasteiger partial charge in [0.1, 0.15) is 5.75 Å². The SMILES string of the molecule is COc1cc2[nH]c(=O)[nH]c2cc1NC(=O)N1CCC(Cn2cc(C)cn2)CC1. The predicted octanol–water partition coefficient (Wildman–Crippen LogP) is 2.31. The number of hydrogen-bond acceptors (Lipinski definition) is 4. The number of carbonyl (C=O) groups excluding carboxylic acids is 1. The number of likely N-dealkylation sites (tertiary alicyclic amines) is 1. The molecule has 1 aliphatic rings. The summed E-state index contributed by atoms with van der Waals surface area (Å²) in [5, 5.41) is 7.26. The Morgan fingerprint density at radius 2 is 2.00 bits per heavy atom. The zero-order valence-electron chi connectivity index (χ0n) is 16.0. The highest BCUT2D eigenvalue weighted by molar-refractivity contribution is 5.94. The van der Waals surface area contributed by atoms with E-state index >= 15 is 0 Å².